The van der Waals surface area contributed by atoms with Crippen LogP contribution in [0.4, 0.5) is 0 Å². The summed E-state index contributed by atoms with van der Waals surface area (Å²) in [5, 5.41) is 0. The van der Waals surface area contributed by atoms with E-state index in [9.17, 15) is 0 Å². The van der Waals surface area contributed by atoms with Gasteiger partial charge in [0.15, 0.2) is 0 Å². The van der Waals surface area contributed by atoms with Gasteiger partial charge < -0.3 is 0 Å². The van der Waals surface area contributed by atoms with Crippen LogP contribution >= 0.6 is 0 Å². The fourth-order valence-electron chi connectivity index (χ4n) is 1.23. The van der Waals surface area contributed by atoms with Gasteiger partial charge in [0, 0.05) is 0 Å². The minimum atomic E-state index is 0.730. The first-order valence-corrected chi connectivity index (χ1v) is 3.45. The smallest absolute Gasteiger partial charge is 0.0414 e. The molecular formula is C8H14. The Bertz CT molecular complexity index is 48.4. The topological polar surface area (TPSA) is 0 Å². The minimum absolute atomic E-state index is 0.730. The van der Waals surface area contributed by atoms with Gasteiger partial charge in [-0.25, -0.2) is 0 Å². The number of hydrogen-bond acceptors (Lipinski definition) is 0. The summed E-state index contributed by atoms with van der Waals surface area (Å²) in [6, 6.07) is 0. The molecule has 0 saturated heterocycles. The van der Waals surface area contributed by atoms with Gasteiger partial charge in [-0.1, -0.05) is 39.5 Å². The molecule has 0 aromatic carbocycles. The molecule has 0 heteroatoms. The maximum Gasteiger partial charge on any atom is -0.0414 e. The highest BCUT2D eigenvalue weighted by atomic mass is 14.2. The molecular weight excluding hydrogens is 96.1 g/mol. The highest BCUT2D eigenvalue weighted by molar-refractivity contribution is 4.74. The van der Waals surface area contributed by atoms with E-state index in [2.05, 4.69) is 13.8 Å². The summed E-state index contributed by atoms with van der Waals surface area (Å²) < 4.78 is 0. The van der Waals surface area contributed by atoms with Gasteiger partial charge in [-0.3, -0.25) is 0 Å². The first-order chi connectivity index (χ1) is 3.79. The van der Waals surface area contributed by atoms with Crippen molar-refractivity contribution in [1.29, 1.82) is 0 Å². The highest BCUT2D eigenvalue weighted by Gasteiger charge is 2.13. The lowest BCUT2D eigenvalue weighted by molar-refractivity contribution is 0.352. The zero-order valence-corrected chi connectivity index (χ0v) is 5.40. The average molecular weight is 110 g/mol. The molecule has 0 aromatic rings. The summed E-state index contributed by atoms with van der Waals surface area (Å²) in [5.74, 6) is 1.46. The second-order valence-corrected chi connectivity index (χ2v) is 2.89. The lowest BCUT2D eigenvalue weighted by Gasteiger charge is -2.22. The van der Waals surface area contributed by atoms with E-state index in [0.29, 0.717) is 0 Å². The Kier molecular flexibility index (Phi) is 1.93. The molecule has 0 atom stereocenters. The Morgan fingerprint density at radius 2 is 1.00 bits per heavy atom. The van der Waals surface area contributed by atoms with Crippen LogP contribution in [0.1, 0.15) is 25.7 Å². The van der Waals surface area contributed by atoms with Crippen LogP contribution in [0, 0.1) is 25.7 Å². The summed E-state index contributed by atoms with van der Waals surface area (Å²) in [7, 11) is 0. The van der Waals surface area contributed by atoms with Gasteiger partial charge in [0.1, 0.15) is 0 Å². The van der Waals surface area contributed by atoms with Gasteiger partial charge in [-0.15, -0.1) is 0 Å². The molecule has 2 radical (unpaired) electrons. The molecule has 1 aliphatic rings. The normalized spacial score (nSPS) is 39.8. The predicted octanol–water partition coefficient (Wildman–Crippen LogP) is 2.46. The molecule has 0 spiro atoms. The molecule has 0 nitrogen and oxygen atoms in total. The van der Waals surface area contributed by atoms with E-state index in [1.807, 2.05) is 0 Å². The van der Waals surface area contributed by atoms with E-state index in [4.69, 9.17) is 0 Å². The summed E-state index contributed by atoms with van der Waals surface area (Å²) in [6.07, 6.45) is 5.20. The Labute approximate surface area is 52.3 Å². The lowest BCUT2D eigenvalue weighted by atomic mass is 9.84. The van der Waals surface area contributed by atoms with Crippen molar-refractivity contribution in [2.24, 2.45) is 11.8 Å². The monoisotopic (exact) mass is 110 g/mol. The van der Waals surface area contributed by atoms with Gasteiger partial charge in [0.25, 0.3) is 0 Å². The minimum Gasteiger partial charge on any atom is -0.0502 e. The largest absolute Gasteiger partial charge is 0.0502 e. The van der Waals surface area contributed by atoms with Crippen LogP contribution in [0.15, 0.2) is 0 Å². The van der Waals surface area contributed by atoms with Crippen LogP contribution in [0.25, 0.3) is 0 Å². The van der Waals surface area contributed by atoms with Gasteiger partial charge in [-0.2, -0.15) is 0 Å². The molecule has 1 aliphatic carbocycles. The Morgan fingerprint density at radius 3 is 1.25 bits per heavy atom. The number of rotatable bonds is 0. The van der Waals surface area contributed by atoms with Crippen molar-refractivity contribution in [3.05, 3.63) is 13.8 Å². The summed E-state index contributed by atoms with van der Waals surface area (Å²) in [4.78, 5) is 0. The third-order valence-corrected chi connectivity index (χ3v) is 1.97. The SMILES string of the molecule is [CH2][C@H]1CC[C@H]([CH2])CC1. The summed E-state index contributed by atoms with van der Waals surface area (Å²) in [5.41, 5.74) is 0. The molecule has 1 fully saturated rings. The maximum absolute atomic E-state index is 4.00. The molecule has 0 N–H and O–H groups in total. The van der Waals surface area contributed by atoms with Crippen LogP contribution in [-0.4, -0.2) is 0 Å². The van der Waals surface area contributed by atoms with Crippen molar-refractivity contribution >= 4 is 0 Å². The third kappa shape index (κ3) is 1.50. The van der Waals surface area contributed by atoms with Crippen LogP contribution in [0.5, 0.6) is 0 Å². The zero-order valence-electron chi connectivity index (χ0n) is 5.40. The molecule has 0 heterocycles. The Balaban J connectivity index is 2.19. The van der Waals surface area contributed by atoms with E-state index in [-0.39, 0.29) is 0 Å². The molecule has 8 heavy (non-hydrogen) atoms. The van der Waals surface area contributed by atoms with Gasteiger partial charge in [-0.05, 0) is 11.8 Å². The molecule has 46 valence electrons. The summed E-state index contributed by atoms with van der Waals surface area (Å²) in [6.45, 7) is 8.01. The third-order valence-electron chi connectivity index (χ3n) is 1.97. The quantitative estimate of drug-likeness (QED) is 0.449. The molecule has 0 bridgehead atoms. The average Bonchev–Trinajstić information content (AvgIpc) is 1.77. The highest BCUT2D eigenvalue weighted by Crippen LogP contribution is 2.26. The second-order valence-electron chi connectivity index (χ2n) is 2.89. The van der Waals surface area contributed by atoms with Crippen LogP contribution in [0.2, 0.25) is 0 Å². The fraction of sp³-hybridized carbons (Fsp3) is 0.750. The maximum atomic E-state index is 4.00. The molecule has 1 saturated carbocycles. The molecule has 1 rings (SSSR count). The van der Waals surface area contributed by atoms with Crippen molar-refractivity contribution in [3.8, 4) is 0 Å². The van der Waals surface area contributed by atoms with Gasteiger partial charge in [0.05, 0.1) is 0 Å². The molecule has 0 amide bonds. The van der Waals surface area contributed by atoms with E-state index < -0.39 is 0 Å². The first-order valence-electron chi connectivity index (χ1n) is 3.45. The predicted molar refractivity (Wildman–Crippen MR) is 36.2 cm³/mol. The van der Waals surface area contributed by atoms with Crippen molar-refractivity contribution in [1.82, 2.24) is 0 Å². The molecule has 0 unspecified atom stereocenters. The Hall–Kier alpha value is 0. The van der Waals surface area contributed by atoms with Crippen LogP contribution in [0.3, 0.4) is 0 Å². The molecule has 0 aliphatic heterocycles. The van der Waals surface area contributed by atoms with Crippen molar-refractivity contribution < 1.29 is 0 Å². The zero-order chi connectivity index (χ0) is 5.98. The lowest BCUT2D eigenvalue weighted by Crippen LogP contribution is -2.09. The fourth-order valence-corrected chi connectivity index (χ4v) is 1.23. The van der Waals surface area contributed by atoms with E-state index in [1.54, 1.807) is 0 Å². The van der Waals surface area contributed by atoms with E-state index in [0.717, 1.165) is 11.8 Å². The van der Waals surface area contributed by atoms with E-state index >= 15 is 0 Å². The number of hydrogen-bond donors (Lipinski definition) is 0. The van der Waals surface area contributed by atoms with Gasteiger partial charge >= 0.3 is 0 Å². The van der Waals surface area contributed by atoms with E-state index in [1.165, 1.54) is 25.7 Å². The van der Waals surface area contributed by atoms with Crippen molar-refractivity contribution in [2.45, 2.75) is 25.7 Å². The Morgan fingerprint density at radius 1 is 0.750 bits per heavy atom. The molecule has 0 aromatic heterocycles. The van der Waals surface area contributed by atoms with Crippen LogP contribution < -0.4 is 0 Å². The van der Waals surface area contributed by atoms with Crippen molar-refractivity contribution in [3.63, 3.8) is 0 Å². The summed E-state index contributed by atoms with van der Waals surface area (Å²) >= 11 is 0. The van der Waals surface area contributed by atoms with Crippen LogP contribution in [-0.2, 0) is 0 Å². The standard InChI is InChI=1S/C8H14/c1-7-3-5-8(2)6-4-7/h7-8H,1-6H2/t7-,8-. The van der Waals surface area contributed by atoms with Crippen molar-refractivity contribution in [2.75, 3.05) is 0 Å². The first kappa shape index (κ1) is 6.12. The second kappa shape index (κ2) is 2.52. The van der Waals surface area contributed by atoms with Gasteiger partial charge in [0.2, 0.25) is 0 Å².